The highest BCUT2D eigenvalue weighted by Crippen LogP contribution is 2.19. The van der Waals surface area contributed by atoms with Crippen LogP contribution in [0.25, 0.3) is 0 Å². The first kappa shape index (κ1) is 9.70. The van der Waals surface area contributed by atoms with Crippen molar-refractivity contribution in [1.82, 2.24) is 0 Å². The molecule has 1 rings (SSSR count). The van der Waals surface area contributed by atoms with Crippen LogP contribution in [-0.2, 0) is 0 Å². The molecule has 1 aromatic rings. The summed E-state index contributed by atoms with van der Waals surface area (Å²) >= 11 is 5.15. The van der Waals surface area contributed by atoms with E-state index in [0.29, 0.717) is 0 Å². The number of benzene rings is 1. The molecule has 0 atom stereocenters. The summed E-state index contributed by atoms with van der Waals surface area (Å²) in [7, 11) is 0. The fourth-order valence-electron chi connectivity index (χ4n) is 0.722. The first-order valence-electron chi connectivity index (χ1n) is 3.61. The van der Waals surface area contributed by atoms with Gasteiger partial charge < -0.3 is 0 Å². The average molecular weight is 241 g/mol. The molecule has 0 amide bonds. The SMILES string of the molecule is CC#CCSc1ccc(Br)cc1. The van der Waals surface area contributed by atoms with Gasteiger partial charge in [0.2, 0.25) is 0 Å². The van der Waals surface area contributed by atoms with Crippen molar-refractivity contribution in [1.29, 1.82) is 0 Å². The summed E-state index contributed by atoms with van der Waals surface area (Å²) in [4.78, 5) is 1.26. The van der Waals surface area contributed by atoms with Crippen molar-refractivity contribution < 1.29 is 0 Å². The van der Waals surface area contributed by atoms with Gasteiger partial charge in [-0.25, -0.2) is 0 Å². The van der Waals surface area contributed by atoms with E-state index in [1.807, 2.05) is 19.1 Å². The van der Waals surface area contributed by atoms with E-state index >= 15 is 0 Å². The van der Waals surface area contributed by atoms with Crippen LogP contribution in [0, 0.1) is 11.8 Å². The Bertz CT molecular complexity index is 292. The van der Waals surface area contributed by atoms with E-state index in [1.54, 1.807) is 11.8 Å². The number of thioether (sulfide) groups is 1. The van der Waals surface area contributed by atoms with Gasteiger partial charge in [-0.05, 0) is 31.2 Å². The largest absolute Gasteiger partial charge is 0.113 e. The molecule has 0 saturated carbocycles. The molecule has 0 N–H and O–H groups in total. The standard InChI is InChI=1S/C10H9BrS/c1-2-3-8-12-10-6-4-9(11)5-7-10/h4-7H,8H2,1H3. The molecular formula is C10H9BrS. The number of halogens is 1. The first-order valence-corrected chi connectivity index (χ1v) is 5.39. The fraction of sp³-hybridized carbons (Fsp3) is 0.200. The third kappa shape index (κ3) is 3.34. The Kier molecular flexibility index (Phi) is 4.27. The van der Waals surface area contributed by atoms with Gasteiger partial charge in [-0.1, -0.05) is 21.9 Å². The highest BCUT2D eigenvalue weighted by Gasteiger charge is 1.90. The molecule has 12 heavy (non-hydrogen) atoms. The second-order valence-corrected chi connectivity index (χ2v) is 4.13. The lowest BCUT2D eigenvalue weighted by Crippen LogP contribution is -1.73. The summed E-state index contributed by atoms with van der Waals surface area (Å²) in [6, 6.07) is 8.27. The van der Waals surface area contributed by atoms with E-state index in [9.17, 15) is 0 Å². The molecule has 0 aromatic heterocycles. The van der Waals surface area contributed by atoms with Gasteiger partial charge >= 0.3 is 0 Å². The molecule has 0 heterocycles. The smallest absolute Gasteiger partial charge is 0.0594 e. The van der Waals surface area contributed by atoms with Crippen molar-refractivity contribution in [2.45, 2.75) is 11.8 Å². The normalized spacial score (nSPS) is 8.83. The first-order chi connectivity index (χ1) is 5.83. The highest BCUT2D eigenvalue weighted by atomic mass is 79.9. The van der Waals surface area contributed by atoms with Crippen LogP contribution in [0.4, 0.5) is 0 Å². The molecule has 0 aliphatic heterocycles. The van der Waals surface area contributed by atoms with Gasteiger partial charge in [0, 0.05) is 9.37 Å². The second-order valence-electron chi connectivity index (χ2n) is 2.17. The van der Waals surface area contributed by atoms with E-state index in [-0.39, 0.29) is 0 Å². The van der Waals surface area contributed by atoms with Crippen molar-refractivity contribution >= 4 is 27.7 Å². The van der Waals surface area contributed by atoms with Crippen LogP contribution in [0.5, 0.6) is 0 Å². The molecule has 0 radical (unpaired) electrons. The molecule has 0 aliphatic rings. The lowest BCUT2D eigenvalue weighted by Gasteiger charge is -1.96. The molecule has 0 nitrogen and oxygen atoms in total. The summed E-state index contributed by atoms with van der Waals surface area (Å²) in [5, 5.41) is 0. The predicted octanol–water partition coefficient (Wildman–Crippen LogP) is 3.56. The lowest BCUT2D eigenvalue weighted by molar-refractivity contribution is 1.44. The molecule has 0 aliphatic carbocycles. The number of hydrogen-bond donors (Lipinski definition) is 0. The fourth-order valence-corrected chi connectivity index (χ4v) is 1.70. The van der Waals surface area contributed by atoms with Crippen LogP contribution < -0.4 is 0 Å². The van der Waals surface area contributed by atoms with Crippen LogP contribution in [-0.4, -0.2) is 5.75 Å². The molecule has 2 heteroatoms. The minimum absolute atomic E-state index is 0.873. The molecular weight excluding hydrogens is 232 g/mol. The zero-order valence-electron chi connectivity index (χ0n) is 6.80. The molecule has 0 fully saturated rings. The van der Waals surface area contributed by atoms with Crippen LogP contribution in [0.15, 0.2) is 33.6 Å². The second kappa shape index (κ2) is 5.29. The Morgan fingerprint density at radius 2 is 2.00 bits per heavy atom. The maximum Gasteiger partial charge on any atom is 0.0594 e. The van der Waals surface area contributed by atoms with Crippen molar-refractivity contribution in [3.05, 3.63) is 28.7 Å². The monoisotopic (exact) mass is 240 g/mol. The molecule has 0 unspecified atom stereocenters. The zero-order chi connectivity index (χ0) is 8.81. The van der Waals surface area contributed by atoms with Gasteiger partial charge in [0.1, 0.15) is 0 Å². The average Bonchev–Trinajstić information content (AvgIpc) is 2.09. The van der Waals surface area contributed by atoms with Crippen LogP contribution in [0.2, 0.25) is 0 Å². The van der Waals surface area contributed by atoms with Crippen LogP contribution in [0.3, 0.4) is 0 Å². The molecule has 62 valence electrons. The number of rotatable bonds is 2. The van der Waals surface area contributed by atoms with Crippen molar-refractivity contribution in [3.8, 4) is 11.8 Å². The Morgan fingerprint density at radius 3 is 2.58 bits per heavy atom. The summed E-state index contributed by atoms with van der Waals surface area (Å²) in [6.07, 6.45) is 0. The van der Waals surface area contributed by atoms with Crippen molar-refractivity contribution in [3.63, 3.8) is 0 Å². The third-order valence-corrected chi connectivity index (χ3v) is 2.72. The topological polar surface area (TPSA) is 0 Å². The van der Waals surface area contributed by atoms with Gasteiger partial charge in [0.25, 0.3) is 0 Å². The quantitative estimate of drug-likeness (QED) is 0.563. The maximum atomic E-state index is 3.39. The Labute approximate surface area is 85.9 Å². The van der Waals surface area contributed by atoms with Gasteiger partial charge in [-0.15, -0.1) is 17.7 Å². The summed E-state index contributed by atoms with van der Waals surface area (Å²) in [6.45, 7) is 1.86. The summed E-state index contributed by atoms with van der Waals surface area (Å²) < 4.78 is 1.12. The third-order valence-electron chi connectivity index (χ3n) is 1.30. The van der Waals surface area contributed by atoms with E-state index in [2.05, 4.69) is 39.9 Å². The van der Waals surface area contributed by atoms with Crippen molar-refractivity contribution in [2.75, 3.05) is 5.75 Å². The highest BCUT2D eigenvalue weighted by molar-refractivity contribution is 9.10. The Balaban J connectivity index is 2.51. The van der Waals surface area contributed by atoms with Crippen molar-refractivity contribution in [2.24, 2.45) is 0 Å². The van der Waals surface area contributed by atoms with Gasteiger partial charge in [0.05, 0.1) is 5.75 Å². The minimum atomic E-state index is 0.873. The van der Waals surface area contributed by atoms with Crippen LogP contribution in [0.1, 0.15) is 6.92 Å². The molecule has 1 aromatic carbocycles. The summed E-state index contributed by atoms with van der Waals surface area (Å²) in [5.41, 5.74) is 0. The predicted molar refractivity (Wildman–Crippen MR) is 58.3 cm³/mol. The van der Waals surface area contributed by atoms with Crippen LogP contribution >= 0.6 is 27.7 Å². The van der Waals surface area contributed by atoms with Gasteiger partial charge in [-0.3, -0.25) is 0 Å². The van der Waals surface area contributed by atoms with E-state index < -0.39 is 0 Å². The lowest BCUT2D eigenvalue weighted by atomic mass is 10.4. The molecule has 0 saturated heterocycles. The van der Waals surface area contributed by atoms with Gasteiger partial charge in [-0.2, -0.15) is 0 Å². The van der Waals surface area contributed by atoms with E-state index in [0.717, 1.165) is 10.2 Å². The van der Waals surface area contributed by atoms with E-state index in [1.165, 1.54) is 4.90 Å². The van der Waals surface area contributed by atoms with Gasteiger partial charge in [0.15, 0.2) is 0 Å². The molecule has 0 bridgehead atoms. The van der Waals surface area contributed by atoms with E-state index in [4.69, 9.17) is 0 Å². The molecule has 0 spiro atoms. The number of hydrogen-bond acceptors (Lipinski definition) is 1. The minimum Gasteiger partial charge on any atom is -0.113 e. The summed E-state index contributed by atoms with van der Waals surface area (Å²) in [5.74, 6) is 6.75. The zero-order valence-corrected chi connectivity index (χ0v) is 9.21. The Hall–Kier alpha value is -0.390. The Morgan fingerprint density at radius 1 is 1.33 bits per heavy atom. The maximum absolute atomic E-state index is 3.39.